The summed E-state index contributed by atoms with van der Waals surface area (Å²) in [5.41, 5.74) is 2.75. The molecular weight excluding hydrogens is 364 g/mol. The molecule has 1 unspecified atom stereocenters. The van der Waals surface area contributed by atoms with Gasteiger partial charge in [-0.1, -0.05) is 6.07 Å². The number of rotatable bonds is 3. The Morgan fingerprint density at radius 1 is 1.07 bits per heavy atom. The van der Waals surface area contributed by atoms with Gasteiger partial charge in [0.05, 0.1) is 27.1 Å². The molecule has 1 fully saturated rings. The first-order chi connectivity index (χ1) is 13.4. The molecule has 1 amide bonds. The Balaban J connectivity index is 1.78. The van der Waals surface area contributed by atoms with Crippen molar-refractivity contribution < 1.29 is 14.5 Å². The van der Waals surface area contributed by atoms with Crippen molar-refractivity contribution in [2.24, 2.45) is 7.05 Å². The molecule has 1 aliphatic rings. The lowest BCUT2D eigenvalue weighted by Crippen LogP contribution is -2.36. The summed E-state index contributed by atoms with van der Waals surface area (Å²) in [6.45, 7) is -0.0397. The van der Waals surface area contributed by atoms with Gasteiger partial charge in [0.25, 0.3) is 5.69 Å². The van der Waals surface area contributed by atoms with Gasteiger partial charge in [-0.25, -0.2) is 9.59 Å². The Labute approximate surface area is 158 Å². The SMILES string of the molecule is Cn1c(=O)n(C2CCC(=O)[N+](=O)C2)c2ccc(-c3ccc([N+](=O)[O-])cc3)cc21. The lowest BCUT2D eigenvalue weighted by molar-refractivity contribution is -0.482. The van der Waals surface area contributed by atoms with Gasteiger partial charge >= 0.3 is 11.6 Å². The van der Waals surface area contributed by atoms with Crippen LogP contribution < -0.4 is 5.69 Å². The van der Waals surface area contributed by atoms with Crippen LogP contribution in [0, 0.1) is 15.0 Å². The van der Waals surface area contributed by atoms with Crippen LogP contribution in [0.1, 0.15) is 18.9 Å². The summed E-state index contributed by atoms with van der Waals surface area (Å²) in [5, 5.41) is 10.8. The number of aromatic nitrogens is 2. The monoisotopic (exact) mass is 381 g/mol. The normalized spacial score (nSPS) is 17.2. The number of nitro benzene ring substituents is 1. The number of hydrogen-bond acceptors (Lipinski definition) is 5. The average Bonchev–Trinajstić information content (AvgIpc) is 2.94. The van der Waals surface area contributed by atoms with E-state index in [1.165, 1.54) is 16.7 Å². The Morgan fingerprint density at radius 3 is 2.39 bits per heavy atom. The Bertz CT molecular complexity index is 1190. The largest absolute Gasteiger partial charge is 0.433 e. The number of nitro groups is 1. The molecule has 2 aromatic carbocycles. The summed E-state index contributed by atoms with van der Waals surface area (Å²) in [6, 6.07) is 11.3. The smallest absolute Gasteiger partial charge is 0.295 e. The van der Waals surface area contributed by atoms with Crippen LogP contribution in [-0.4, -0.2) is 31.3 Å². The number of imidazole rings is 1. The van der Waals surface area contributed by atoms with Gasteiger partial charge in [0.2, 0.25) is 6.54 Å². The maximum atomic E-state index is 12.8. The van der Waals surface area contributed by atoms with Crippen molar-refractivity contribution in [3.8, 4) is 11.1 Å². The second kappa shape index (κ2) is 6.52. The van der Waals surface area contributed by atoms with E-state index in [1.54, 1.807) is 29.8 Å². The molecule has 0 radical (unpaired) electrons. The second-order valence-electron chi connectivity index (χ2n) is 6.87. The van der Waals surface area contributed by atoms with Crippen LogP contribution in [0.4, 0.5) is 5.69 Å². The average molecular weight is 381 g/mol. The zero-order chi connectivity index (χ0) is 20.0. The fraction of sp³-hybridized carbons (Fsp3) is 0.263. The molecule has 1 aliphatic heterocycles. The van der Waals surface area contributed by atoms with Crippen LogP contribution in [0.15, 0.2) is 47.3 Å². The van der Waals surface area contributed by atoms with Gasteiger partial charge in [-0.2, -0.15) is 0 Å². The van der Waals surface area contributed by atoms with Gasteiger partial charge in [0, 0.05) is 24.1 Å². The van der Waals surface area contributed by atoms with Crippen molar-refractivity contribution in [2.75, 3.05) is 6.54 Å². The van der Waals surface area contributed by atoms with E-state index in [1.807, 2.05) is 12.1 Å². The second-order valence-corrected chi connectivity index (χ2v) is 6.87. The predicted octanol–water partition coefficient (Wildman–Crippen LogP) is 2.56. The molecule has 0 N–H and O–H groups in total. The fourth-order valence-electron chi connectivity index (χ4n) is 3.68. The van der Waals surface area contributed by atoms with E-state index in [2.05, 4.69) is 0 Å². The molecule has 28 heavy (non-hydrogen) atoms. The quantitative estimate of drug-likeness (QED) is 0.394. The molecular formula is C19H17N4O5+. The van der Waals surface area contributed by atoms with E-state index >= 15 is 0 Å². The van der Waals surface area contributed by atoms with Crippen molar-refractivity contribution in [1.82, 2.24) is 9.13 Å². The van der Waals surface area contributed by atoms with E-state index in [0.29, 0.717) is 22.2 Å². The molecule has 0 bridgehead atoms. The summed E-state index contributed by atoms with van der Waals surface area (Å²) in [7, 11) is 1.66. The molecule has 2 heterocycles. The van der Waals surface area contributed by atoms with E-state index in [-0.39, 0.29) is 30.4 Å². The van der Waals surface area contributed by atoms with Crippen molar-refractivity contribution in [2.45, 2.75) is 18.9 Å². The van der Waals surface area contributed by atoms with Gasteiger partial charge in [0.1, 0.15) is 6.04 Å². The van der Waals surface area contributed by atoms with Crippen LogP contribution in [0.3, 0.4) is 0 Å². The van der Waals surface area contributed by atoms with E-state index < -0.39 is 10.8 Å². The van der Waals surface area contributed by atoms with Gasteiger partial charge < -0.3 is 0 Å². The lowest BCUT2D eigenvalue weighted by Gasteiger charge is -2.16. The minimum atomic E-state index is -0.454. The summed E-state index contributed by atoms with van der Waals surface area (Å²) in [4.78, 5) is 46.4. The van der Waals surface area contributed by atoms with Gasteiger partial charge in [-0.15, -0.1) is 0 Å². The molecule has 0 spiro atoms. The number of aryl methyl sites for hydroxylation is 1. The number of carbonyl (C=O) groups is 1. The third-order valence-corrected chi connectivity index (χ3v) is 5.21. The van der Waals surface area contributed by atoms with Gasteiger partial charge in [-0.05, 0) is 41.8 Å². The van der Waals surface area contributed by atoms with Crippen molar-refractivity contribution in [1.29, 1.82) is 0 Å². The predicted molar refractivity (Wildman–Crippen MR) is 101 cm³/mol. The van der Waals surface area contributed by atoms with Gasteiger partial charge in [-0.3, -0.25) is 19.2 Å². The number of hydrogen-bond donors (Lipinski definition) is 0. The first-order valence-electron chi connectivity index (χ1n) is 8.80. The third-order valence-electron chi connectivity index (χ3n) is 5.21. The highest BCUT2D eigenvalue weighted by Gasteiger charge is 2.36. The highest BCUT2D eigenvalue weighted by atomic mass is 16.6. The molecule has 1 atom stereocenters. The highest BCUT2D eigenvalue weighted by Crippen LogP contribution is 2.28. The number of non-ortho nitro benzene ring substituents is 1. The first-order valence-corrected chi connectivity index (χ1v) is 8.80. The zero-order valence-electron chi connectivity index (χ0n) is 15.1. The van der Waals surface area contributed by atoms with Crippen LogP contribution in [-0.2, 0) is 11.8 Å². The Hall–Kier alpha value is -3.62. The van der Waals surface area contributed by atoms with Crippen LogP contribution >= 0.6 is 0 Å². The zero-order valence-corrected chi connectivity index (χ0v) is 15.1. The maximum absolute atomic E-state index is 12.8. The molecule has 9 nitrogen and oxygen atoms in total. The Kier molecular flexibility index (Phi) is 4.14. The van der Waals surface area contributed by atoms with Crippen molar-refractivity contribution >= 4 is 22.6 Å². The first kappa shape index (κ1) is 17.8. The number of amides is 1. The number of nitroso groups, excluding NO2 is 1. The molecule has 0 aliphatic carbocycles. The number of carbonyl (C=O) groups excluding carboxylic acids is 1. The number of piperidine rings is 1. The molecule has 9 heteroatoms. The summed E-state index contributed by atoms with van der Waals surface area (Å²) in [5.74, 6) is -0.454. The molecule has 4 rings (SSSR count). The summed E-state index contributed by atoms with van der Waals surface area (Å²) in [6.07, 6.45) is 0.568. The number of fused-ring (bicyclic) bond motifs is 1. The fourth-order valence-corrected chi connectivity index (χ4v) is 3.68. The summed E-state index contributed by atoms with van der Waals surface area (Å²) >= 11 is 0. The van der Waals surface area contributed by atoms with Crippen LogP contribution in [0.25, 0.3) is 22.2 Å². The van der Waals surface area contributed by atoms with Gasteiger partial charge in [0.15, 0.2) is 0 Å². The molecule has 3 aromatic rings. The van der Waals surface area contributed by atoms with E-state index in [9.17, 15) is 24.6 Å². The van der Waals surface area contributed by atoms with Crippen LogP contribution in [0.5, 0.6) is 0 Å². The minimum absolute atomic E-state index is 0.0115. The molecule has 1 aromatic heterocycles. The van der Waals surface area contributed by atoms with Crippen molar-refractivity contribution in [3.05, 3.63) is 68.0 Å². The molecule has 0 saturated carbocycles. The maximum Gasteiger partial charge on any atom is 0.433 e. The third kappa shape index (κ3) is 2.81. The lowest BCUT2D eigenvalue weighted by atomic mass is 10.0. The number of nitrogens with zero attached hydrogens (tertiary/aromatic N) is 4. The van der Waals surface area contributed by atoms with E-state index in [4.69, 9.17) is 0 Å². The molecule has 1 saturated heterocycles. The van der Waals surface area contributed by atoms with Crippen molar-refractivity contribution in [3.63, 3.8) is 0 Å². The van der Waals surface area contributed by atoms with Crippen LogP contribution in [0.2, 0.25) is 0 Å². The Morgan fingerprint density at radius 2 is 1.75 bits per heavy atom. The standard InChI is InChI=1S/C19H17N4O5/c1-20-17-10-13(12-2-5-14(6-3-12)23(27)28)4-8-16(17)22(19(20)25)15-7-9-18(24)21(26)11-15/h2-6,8,10,15H,7,9,11H2,1H3/q+1. The number of benzene rings is 2. The van der Waals surface area contributed by atoms with E-state index in [0.717, 1.165) is 11.1 Å². The summed E-state index contributed by atoms with van der Waals surface area (Å²) < 4.78 is 3.51. The molecule has 142 valence electrons. The topological polar surface area (TPSA) is 107 Å². The highest BCUT2D eigenvalue weighted by molar-refractivity contribution is 5.83. The minimum Gasteiger partial charge on any atom is -0.295 e.